The van der Waals surface area contributed by atoms with E-state index in [1.165, 1.54) is 43.6 Å². The lowest BCUT2D eigenvalue weighted by atomic mass is 9.99. The Balaban J connectivity index is 1.43. The van der Waals surface area contributed by atoms with Gasteiger partial charge in [0.15, 0.2) is 23.1 Å². The number of pyridine rings is 1. The molecule has 0 unspecified atom stereocenters. The van der Waals surface area contributed by atoms with Gasteiger partial charge in [0.1, 0.15) is 16.8 Å². The number of hydroxylamine groups is 1. The molecule has 1 fully saturated rings. The largest absolute Gasteiger partial charge is 0.497 e. The number of anilines is 3. The summed E-state index contributed by atoms with van der Waals surface area (Å²) in [4.78, 5) is 39.4. The first-order chi connectivity index (χ1) is 24.1. The molecule has 262 valence electrons. The molecular weight excluding hydrogens is 663 g/mol. The van der Waals surface area contributed by atoms with E-state index in [-0.39, 0.29) is 33.6 Å². The van der Waals surface area contributed by atoms with Crippen molar-refractivity contribution >= 4 is 40.2 Å². The van der Waals surface area contributed by atoms with E-state index >= 15 is 0 Å². The molecule has 15 nitrogen and oxygen atoms in total. The third-order valence-electron chi connectivity index (χ3n) is 7.98. The third-order valence-corrected chi connectivity index (χ3v) is 7.98. The van der Waals surface area contributed by atoms with Gasteiger partial charge in [-0.15, -0.1) is 5.06 Å². The molecule has 5 aromatic rings. The average Bonchev–Trinajstić information content (AvgIpc) is 3.72. The summed E-state index contributed by atoms with van der Waals surface area (Å²) in [6, 6.07) is 10.6. The van der Waals surface area contributed by atoms with E-state index in [0.717, 1.165) is 25.9 Å². The maximum atomic E-state index is 13.4. The van der Waals surface area contributed by atoms with Gasteiger partial charge in [0.2, 0.25) is 0 Å². The van der Waals surface area contributed by atoms with E-state index in [2.05, 4.69) is 30.8 Å². The van der Waals surface area contributed by atoms with Gasteiger partial charge in [0.05, 0.1) is 31.3 Å². The minimum absolute atomic E-state index is 0.00728. The van der Waals surface area contributed by atoms with Crippen molar-refractivity contribution in [3.8, 4) is 34.3 Å². The van der Waals surface area contributed by atoms with Crippen LogP contribution in [0.3, 0.4) is 0 Å². The van der Waals surface area contributed by atoms with E-state index < -0.39 is 18.2 Å². The number of nitrogens with zero attached hydrogens (tertiary/aromatic N) is 6. The highest BCUT2D eigenvalue weighted by Crippen LogP contribution is 2.38. The number of methoxy groups -OCH3 is 1. The van der Waals surface area contributed by atoms with Gasteiger partial charge in [-0.1, -0.05) is 18.2 Å². The number of nitrogens with two attached hydrogens (primary N) is 1. The SMILES string of the molecule is CCn1c(-c2nonc2N)nc2c(-c3cccc(N(OC(=O)C(F)(F)F)C(=O)Nc4cccc(OC)c4)c3)ncc(OCC3CCNCC3)c21. The number of alkyl halides is 3. The highest BCUT2D eigenvalue weighted by molar-refractivity contribution is 6.03. The molecular formula is C32H32F3N9O6. The van der Waals surface area contributed by atoms with Gasteiger partial charge in [0.25, 0.3) is 0 Å². The molecule has 4 N–H and O–H groups in total. The standard InChI is InChI=1S/C32H32F3N9O6/c1-3-43-27-23(48-17-18-10-12-37-13-11-18)16-38-24(25(27)40-29(43)26-28(36)42-50-41-26)19-6-4-8-21(14-19)44(49-30(45)32(33,34)35)31(46)39-20-7-5-9-22(15-20)47-2/h4-9,14-16,18,37H,3,10-13,17H2,1-2H3,(H2,36,42)(H,39,46). The summed E-state index contributed by atoms with van der Waals surface area (Å²) in [6.07, 6.45) is -1.97. The molecule has 2 amide bonds. The normalized spacial score (nSPS) is 13.6. The minimum atomic E-state index is -5.40. The first kappa shape index (κ1) is 34.0. The molecule has 1 saturated heterocycles. The topological polar surface area (TPSA) is 185 Å². The predicted octanol–water partition coefficient (Wildman–Crippen LogP) is 5.20. The highest BCUT2D eigenvalue weighted by atomic mass is 19.4. The van der Waals surface area contributed by atoms with Crippen LogP contribution in [0.5, 0.6) is 11.5 Å². The number of halogens is 3. The molecule has 2 aromatic carbocycles. The number of amides is 2. The summed E-state index contributed by atoms with van der Waals surface area (Å²) in [5, 5.41) is 13.6. The number of piperidine rings is 1. The summed E-state index contributed by atoms with van der Waals surface area (Å²) >= 11 is 0. The first-order valence-corrected chi connectivity index (χ1v) is 15.5. The second-order valence-corrected chi connectivity index (χ2v) is 11.2. The zero-order valence-electron chi connectivity index (χ0n) is 26.9. The summed E-state index contributed by atoms with van der Waals surface area (Å²) in [5.41, 5.74) is 7.65. The fourth-order valence-corrected chi connectivity index (χ4v) is 5.53. The van der Waals surface area contributed by atoms with Crippen molar-refractivity contribution in [1.82, 2.24) is 30.2 Å². The Morgan fingerprint density at radius 3 is 2.60 bits per heavy atom. The molecule has 1 aliphatic heterocycles. The number of aromatic nitrogens is 5. The number of rotatable bonds is 9. The zero-order valence-corrected chi connectivity index (χ0v) is 26.9. The van der Waals surface area contributed by atoms with Gasteiger partial charge in [-0.05, 0) is 73.4 Å². The fraction of sp³-hybridized carbons (Fsp3) is 0.312. The Kier molecular flexibility index (Phi) is 9.71. The number of fused-ring (bicyclic) bond motifs is 1. The van der Waals surface area contributed by atoms with Crippen LogP contribution < -0.4 is 30.9 Å². The minimum Gasteiger partial charge on any atom is -0.497 e. The molecule has 50 heavy (non-hydrogen) atoms. The van der Waals surface area contributed by atoms with Crippen molar-refractivity contribution in [1.29, 1.82) is 0 Å². The fourth-order valence-electron chi connectivity index (χ4n) is 5.53. The van der Waals surface area contributed by atoms with Gasteiger partial charge in [-0.25, -0.2) is 24.2 Å². The highest BCUT2D eigenvalue weighted by Gasteiger charge is 2.44. The van der Waals surface area contributed by atoms with E-state index in [0.29, 0.717) is 53.0 Å². The number of ether oxygens (including phenoxy) is 2. The molecule has 1 aliphatic rings. The van der Waals surface area contributed by atoms with Crippen molar-refractivity contribution in [3.63, 3.8) is 0 Å². The summed E-state index contributed by atoms with van der Waals surface area (Å²) in [7, 11) is 1.41. The Morgan fingerprint density at radius 2 is 1.90 bits per heavy atom. The molecule has 18 heteroatoms. The zero-order chi connectivity index (χ0) is 35.4. The quantitative estimate of drug-likeness (QED) is 0.172. The van der Waals surface area contributed by atoms with E-state index in [9.17, 15) is 22.8 Å². The van der Waals surface area contributed by atoms with Gasteiger partial charge in [-0.2, -0.15) is 13.2 Å². The number of carbonyl (C=O) groups excluding carboxylic acids is 2. The molecule has 0 atom stereocenters. The van der Waals surface area contributed by atoms with E-state index in [1.807, 2.05) is 11.5 Å². The number of aryl methyl sites for hydroxylation is 1. The second kappa shape index (κ2) is 14.3. The molecule has 6 rings (SSSR count). The van der Waals surface area contributed by atoms with Crippen molar-refractivity contribution in [2.75, 3.05) is 42.9 Å². The van der Waals surface area contributed by atoms with Gasteiger partial charge >= 0.3 is 18.2 Å². The van der Waals surface area contributed by atoms with Crippen LogP contribution in [0.1, 0.15) is 19.8 Å². The molecule has 0 bridgehead atoms. The van der Waals surface area contributed by atoms with Crippen LogP contribution >= 0.6 is 0 Å². The average molecular weight is 696 g/mol. The third kappa shape index (κ3) is 7.09. The molecule has 0 aliphatic carbocycles. The lowest BCUT2D eigenvalue weighted by Gasteiger charge is -2.23. The van der Waals surface area contributed by atoms with Gasteiger partial charge in [-0.3, -0.25) is 0 Å². The smallest absolute Gasteiger partial charge is 0.493 e. The molecule has 0 saturated carbocycles. The second-order valence-electron chi connectivity index (χ2n) is 11.2. The molecule has 0 radical (unpaired) electrons. The van der Waals surface area contributed by atoms with E-state index in [4.69, 9.17) is 24.8 Å². The Hall–Kier alpha value is -5.91. The van der Waals surface area contributed by atoms with E-state index in [1.54, 1.807) is 18.2 Å². The first-order valence-electron chi connectivity index (χ1n) is 15.5. The number of hydrogen-bond acceptors (Lipinski definition) is 12. The van der Waals surface area contributed by atoms with Crippen LogP contribution in [0.4, 0.5) is 35.2 Å². The van der Waals surface area contributed by atoms with Crippen molar-refractivity contribution < 1.29 is 41.7 Å². The molecule has 0 spiro atoms. The number of nitrogens with one attached hydrogen (secondary N) is 2. The Morgan fingerprint density at radius 1 is 1.12 bits per heavy atom. The number of urea groups is 1. The van der Waals surface area contributed by atoms with Crippen LogP contribution in [0.15, 0.2) is 59.4 Å². The van der Waals surface area contributed by atoms with Crippen molar-refractivity contribution in [2.24, 2.45) is 5.92 Å². The van der Waals surface area contributed by atoms with Crippen LogP contribution in [0, 0.1) is 5.92 Å². The monoisotopic (exact) mass is 695 g/mol. The Labute approximate surface area is 282 Å². The predicted molar refractivity (Wildman–Crippen MR) is 174 cm³/mol. The van der Waals surface area contributed by atoms with Crippen LogP contribution in [0.25, 0.3) is 33.8 Å². The van der Waals surface area contributed by atoms with Gasteiger partial charge in [0, 0.05) is 23.9 Å². The number of hydrogen-bond donors (Lipinski definition) is 3. The maximum absolute atomic E-state index is 13.4. The van der Waals surface area contributed by atoms with Crippen LogP contribution in [0.2, 0.25) is 0 Å². The van der Waals surface area contributed by atoms with Gasteiger partial charge < -0.3 is 35.2 Å². The Bertz CT molecular complexity index is 2010. The van der Waals surface area contributed by atoms with Crippen molar-refractivity contribution in [3.05, 3.63) is 54.7 Å². The molecule has 4 heterocycles. The summed E-state index contributed by atoms with van der Waals surface area (Å²) in [6.45, 7) is 4.50. The number of benzene rings is 2. The lowest BCUT2D eigenvalue weighted by molar-refractivity contribution is -0.199. The molecule has 3 aromatic heterocycles. The number of imidazole rings is 1. The maximum Gasteiger partial charge on any atom is 0.493 e. The summed E-state index contributed by atoms with van der Waals surface area (Å²) in [5.74, 6) is -1.15. The number of nitrogen functional groups attached to an aromatic ring is 1. The number of carbonyl (C=O) groups is 2. The van der Waals surface area contributed by atoms with Crippen molar-refractivity contribution in [2.45, 2.75) is 32.5 Å². The lowest BCUT2D eigenvalue weighted by Crippen LogP contribution is -2.41. The summed E-state index contributed by atoms with van der Waals surface area (Å²) < 4.78 is 58.2. The van der Waals surface area contributed by atoms with Crippen LogP contribution in [-0.4, -0.2) is 69.8 Å². The van der Waals surface area contributed by atoms with Crippen LogP contribution in [-0.2, 0) is 16.2 Å².